The van der Waals surface area contributed by atoms with Gasteiger partial charge in [-0.05, 0) is 99.1 Å². The normalized spacial score (nSPS) is 11.6. The van der Waals surface area contributed by atoms with Crippen molar-refractivity contribution in [2.45, 2.75) is 0 Å². The average Bonchev–Trinajstić information content (AvgIpc) is 3.78. The predicted molar refractivity (Wildman–Crippen MR) is 237 cm³/mol. The Kier molecular flexibility index (Phi) is 7.53. The van der Waals surface area contributed by atoms with Gasteiger partial charge in [0.25, 0.3) is 0 Å². The van der Waals surface area contributed by atoms with Gasteiger partial charge >= 0.3 is 0 Å². The van der Waals surface area contributed by atoms with Crippen molar-refractivity contribution >= 4 is 43.6 Å². The largest absolute Gasteiger partial charge is 0.309 e. The zero-order chi connectivity index (χ0) is 37.0. The lowest BCUT2D eigenvalue weighted by Gasteiger charge is -2.12. The molecule has 262 valence electrons. The van der Waals surface area contributed by atoms with Gasteiger partial charge in [0.05, 0.1) is 22.1 Å². The molecule has 0 spiro atoms. The molecule has 2 heterocycles. The summed E-state index contributed by atoms with van der Waals surface area (Å²) in [7, 11) is 0. The third-order valence-corrected chi connectivity index (χ3v) is 11.3. The fourth-order valence-electron chi connectivity index (χ4n) is 8.63. The van der Waals surface area contributed by atoms with E-state index >= 15 is 0 Å². The molecule has 0 unspecified atom stereocenters. The first-order chi connectivity index (χ1) is 27.8. The van der Waals surface area contributed by atoms with Gasteiger partial charge in [-0.15, -0.1) is 0 Å². The highest BCUT2D eigenvalue weighted by atomic mass is 15.0. The van der Waals surface area contributed by atoms with Crippen molar-refractivity contribution in [3.8, 4) is 55.9 Å². The summed E-state index contributed by atoms with van der Waals surface area (Å²) in [5.41, 5.74) is 16.8. The number of benzene rings is 9. The van der Waals surface area contributed by atoms with Crippen LogP contribution >= 0.6 is 0 Å². The fraction of sp³-hybridized carbons (Fsp3) is 0. The van der Waals surface area contributed by atoms with E-state index in [1.165, 1.54) is 88.1 Å². The molecule has 0 aliphatic carbocycles. The molecule has 2 heteroatoms. The summed E-state index contributed by atoms with van der Waals surface area (Å²) >= 11 is 0. The Morgan fingerprint density at radius 3 is 1.05 bits per heavy atom. The molecule has 2 nitrogen and oxygen atoms in total. The number of para-hydroxylation sites is 2. The summed E-state index contributed by atoms with van der Waals surface area (Å²) in [6, 6.07) is 79.4. The van der Waals surface area contributed by atoms with Gasteiger partial charge in [0.15, 0.2) is 0 Å². The van der Waals surface area contributed by atoms with E-state index in [2.05, 4.69) is 228 Å². The number of aromatic nitrogens is 2. The Morgan fingerprint density at radius 1 is 0.196 bits per heavy atom. The van der Waals surface area contributed by atoms with E-state index in [0.29, 0.717) is 0 Å². The highest BCUT2D eigenvalue weighted by molar-refractivity contribution is 6.19. The Bertz CT molecular complexity index is 3220. The zero-order valence-electron chi connectivity index (χ0n) is 30.7. The monoisotopic (exact) mass is 712 g/mol. The first-order valence-electron chi connectivity index (χ1n) is 19.3. The van der Waals surface area contributed by atoms with Gasteiger partial charge in [-0.25, -0.2) is 0 Å². The van der Waals surface area contributed by atoms with Crippen LogP contribution in [0.1, 0.15) is 0 Å². The quantitative estimate of drug-likeness (QED) is 0.162. The van der Waals surface area contributed by atoms with Crippen molar-refractivity contribution in [3.63, 3.8) is 0 Å². The van der Waals surface area contributed by atoms with Crippen LogP contribution < -0.4 is 0 Å². The van der Waals surface area contributed by atoms with E-state index in [4.69, 9.17) is 0 Å². The second-order valence-corrected chi connectivity index (χ2v) is 14.6. The predicted octanol–water partition coefficient (Wildman–Crippen LogP) is 14.5. The number of fused-ring (bicyclic) bond motifs is 6. The summed E-state index contributed by atoms with van der Waals surface area (Å²) < 4.78 is 4.89. The summed E-state index contributed by atoms with van der Waals surface area (Å²) in [4.78, 5) is 0. The van der Waals surface area contributed by atoms with Crippen LogP contribution in [-0.2, 0) is 0 Å². The highest BCUT2D eigenvalue weighted by Gasteiger charge is 2.19. The summed E-state index contributed by atoms with van der Waals surface area (Å²) in [6.45, 7) is 0. The van der Waals surface area contributed by atoms with Crippen molar-refractivity contribution in [1.82, 2.24) is 9.13 Å². The standard InChI is InChI=1S/C54H36N2/c1-3-14-37(15-4-1)39-28-30-40(31-29-39)43-20-12-22-45(33-43)55-51-26-9-7-24-47(51)49-36-54-50(35-53(49)55)48-25-8-10-27-52(48)56(54)46-23-13-21-44(34-46)42-19-11-18-41(32-42)38-16-5-2-6-17-38/h1-36H. The van der Waals surface area contributed by atoms with Crippen molar-refractivity contribution in [2.75, 3.05) is 0 Å². The lowest BCUT2D eigenvalue weighted by atomic mass is 9.99. The summed E-state index contributed by atoms with van der Waals surface area (Å²) in [6.07, 6.45) is 0. The molecule has 0 aliphatic rings. The fourth-order valence-corrected chi connectivity index (χ4v) is 8.63. The first kappa shape index (κ1) is 32.0. The molecular formula is C54H36N2. The maximum absolute atomic E-state index is 2.44. The smallest absolute Gasteiger partial charge is 0.0548 e. The van der Waals surface area contributed by atoms with Gasteiger partial charge in [-0.2, -0.15) is 0 Å². The van der Waals surface area contributed by atoms with Gasteiger partial charge < -0.3 is 9.13 Å². The molecule has 0 atom stereocenters. The summed E-state index contributed by atoms with van der Waals surface area (Å²) in [5, 5.41) is 4.96. The number of nitrogens with zero attached hydrogens (tertiary/aromatic N) is 2. The number of hydrogen-bond donors (Lipinski definition) is 0. The Labute approximate surface area is 325 Å². The van der Waals surface area contributed by atoms with Crippen molar-refractivity contribution < 1.29 is 0 Å². The maximum atomic E-state index is 2.44. The van der Waals surface area contributed by atoms with E-state index < -0.39 is 0 Å². The lowest BCUT2D eigenvalue weighted by molar-refractivity contribution is 1.17. The minimum atomic E-state index is 1.15. The highest BCUT2D eigenvalue weighted by Crippen LogP contribution is 2.40. The van der Waals surface area contributed by atoms with Crippen LogP contribution in [0.15, 0.2) is 218 Å². The molecule has 0 aliphatic heterocycles. The van der Waals surface area contributed by atoms with E-state index in [1.807, 2.05) is 0 Å². The second kappa shape index (κ2) is 13.2. The molecular weight excluding hydrogens is 677 g/mol. The Balaban J connectivity index is 1.07. The van der Waals surface area contributed by atoms with Crippen LogP contribution in [0.4, 0.5) is 0 Å². The van der Waals surface area contributed by atoms with Gasteiger partial charge in [0.2, 0.25) is 0 Å². The molecule has 0 saturated carbocycles. The minimum absolute atomic E-state index is 1.15. The van der Waals surface area contributed by atoms with Gasteiger partial charge in [0.1, 0.15) is 0 Å². The summed E-state index contributed by atoms with van der Waals surface area (Å²) in [5.74, 6) is 0. The van der Waals surface area contributed by atoms with Crippen molar-refractivity contribution in [3.05, 3.63) is 218 Å². The van der Waals surface area contributed by atoms with E-state index in [1.54, 1.807) is 0 Å². The Hall–Kier alpha value is -7.42. The number of hydrogen-bond acceptors (Lipinski definition) is 0. The SMILES string of the molecule is c1ccc(-c2ccc(-c3cccc(-n4c5ccccc5c5cc6c(cc54)c4ccccc4n6-c4cccc(-c5cccc(-c6ccccc6)c5)c4)c3)cc2)cc1. The van der Waals surface area contributed by atoms with Crippen LogP contribution in [0.2, 0.25) is 0 Å². The van der Waals surface area contributed by atoms with Crippen molar-refractivity contribution in [2.24, 2.45) is 0 Å². The third-order valence-electron chi connectivity index (χ3n) is 11.3. The van der Waals surface area contributed by atoms with E-state index in [9.17, 15) is 0 Å². The maximum Gasteiger partial charge on any atom is 0.0548 e. The Morgan fingerprint density at radius 2 is 0.536 bits per heavy atom. The van der Waals surface area contributed by atoms with Gasteiger partial charge in [0, 0.05) is 32.9 Å². The van der Waals surface area contributed by atoms with Crippen LogP contribution in [-0.4, -0.2) is 9.13 Å². The molecule has 9 aromatic carbocycles. The second-order valence-electron chi connectivity index (χ2n) is 14.6. The first-order valence-corrected chi connectivity index (χ1v) is 19.3. The van der Waals surface area contributed by atoms with Gasteiger partial charge in [-0.1, -0.05) is 164 Å². The molecule has 0 N–H and O–H groups in total. The van der Waals surface area contributed by atoms with Crippen LogP contribution in [0.5, 0.6) is 0 Å². The molecule has 56 heavy (non-hydrogen) atoms. The van der Waals surface area contributed by atoms with E-state index in [-0.39, 0.29) is 0 Å². The molecule has 0 fully saturated rings. The molecule has 0 bridgehead atoms. The number of rotatable bonds is 6. The van der Waals surface area contributed by atoms with Crippen LogP contribution in [0.25, 0.3) is 99.5 Å². The topological polar surface area (TPSA) is 9.86 Å². The molecule has 11 aromatic rings. The van der Waals surface area contributed by atoms with Gasteiger partial charge in [-0.3, -0.25) is 0 Å². The third kappa shape index (κ3) is 5.34. The molecule has 2 aromatic heterocycles. The zero-order valence-corrected chi connectivity index (χ0v) is 30.7. The molecule has 11 rings (SSSR count). The average molecular weight is 713 g/mol. The minimum Gasteiger partial charge on any atom is -0.309 e. The molecule has 0 amide bonds. The van der Waals surface area contributed by atoms with Crippen LogP contribution in [0, 0.1) is 0 Å². The molecule has 0 saturated heterocycles. The van der Waals surface area contributed by atoms with Crippen LogP contribution in [0.3, 0.4) is 0 Å². The molecule has 0 radical (unpaired) electrons. The van der Waals surface area contributed by atoms with E-state index in [0.717, 1.165) is 11.4 Å². The lowest BCUT2D eigenvalue weighted by Crippen LogP contribution is -1.95. The van der Waals surface area contributed by atoms with Crippen molar-refractivity contribution in [1.29, 1.82) is 0 Å².